The van der Waals surface area contributed by atoms with Gasteiger partial charge in [0, 0.05) is 19.1 Å². The zero-order chi connectivity index (χ0) is 17.2. The minimum Gasteiger partial charge on any atom is -0.468 e. The van der Waals surface area contributed by atoms with E-state index in [1.807, 2.05) is 31.2 Å². The zero-order valence-electron chi connectivity index (χ0n) is 14.1. The van der Waals surface area contributed by atoms with Gasteiger partial charge in [0.1, 0.15) is 5.76 Å². The Balaban J connectivity index is 1.59. The molecule has 1 atom stereocenters. The second-order valence-corrected chi connectivity index (χ2v) is 8.33. The van der Waals surface area contributed by atoms with Crippen molar-refractivity contribution in [2.45, 2.75) is 43.7 Å². The molecule has 5 nitrogen and oxygen atoms in total. The van der Waals surface area contributed by atoms with Gasteiger partial charge in [-0.3, -0.25) is 0 Å². The summed E-state index contributed by atoms with van der Waals surface area (Å²) in [7, 11) is -3.39. The first kappa shape index (κ1) is 17.2. The van der Waals surface area contributed by atoms with Crippen LogP contribution in [0, 0.1) is 6.92 Å². The Labute approximate surface area is 143 Å². The molecule has 1 aliphatic heterocycles. The fourth-order valence-corrected chi connectivity index (χ4v) is 4.57. The molecule has 0 unspecified atom stereocenters. The number of sulfonamides is 1. The Bertz CT molecular complexity index is 746. The molecule has 0 amide bonds. The van der Waals surface area contributed by atoms with Crippen molar-refractivity contribution in [3.8, 4) is 0 Å². The van der Waals surface area contributed by atoms with Gasteiger partial charge in [-0.2, -0.15) is 4.31 Å². The van der Waals surface area contributed by atoms with E-state index in [0.717, 1.165) is 24.2 Å². The Morgan fingerprint density at radius 1 is 1.17 bits per heavy atom. The Morgan fingerprint density at radius 3 is 2.42 bits per heavy atom. The maximum absolute atomic E-state index is 12.7. The second-order valence-electron chi connectivity index (χ2n) is 6.40. The molecule has 3 rings (SSSR count). The molecule has 1 aromatic heterocycles. The lowest BCUT2D eigenvalue weighted by atomic mass is 10.1. The fourth-order valence-electron chi connectivity index (χ4n) is 3.10. The van der Waals surface area contributed by atoms with E-state index >= 15 is 0 Å². The van der Waals surface area contributed by atoms with Crippen molar-refractivity contribution in [2.24, 2.45) is 0 Å². The number of nitrogens with zero attached hydrogens (tertiary/aromatic N) is 1. The van der Waals surface area contributed by atoms with Crippen molar-refractivity contribution < 1.29 is 12.8 Å². The van der Waals surface area contributed by atoms with E-state index in [1.165, 1.54) is 0 Å². The van der Waals surface area contributed by atoms with Crippen LogP contribution in [-0.4, -0.2) is 31.9 Å². The molecule has 24 heavy (non-hydrogen) atoms. The first-order valence-corrected chi connectivity index (χ1v) is 9.77. The van der Waals surface area contributed by atoms with E-state index in [1.54, 1.807) is 22.7 Å². The van der Waals surface area contributed by atoms with Gasteiger partial charge in [0.25, 0.3) is 0 Å². The molecule has 0 saturated carbocycles. The van der Waals surface area contributed by atoms with E-state index in [0.29, 0.717) is 24.0 Å². The summed E-state index contributed by atoms with van der Waals surface area (Å²) in [6.07, 6.45) is 3.27. The predicted molar refractivity (Wildman–Crippen MR) is 93.2 cm³/mol. The maximum Gasteiger partial charge on any atom is 0.243 e. The van der Waals surface area contributed by atoms with Gasteiger partial charge in [0.05, 0.1) is 17.2 Å². The number of benzene rings is 1. The third-order valence-corrected chi connectivity index (χ3v) is 6.48. The molecule has 130 valence electrons. The van der Waals surface area contributed by atoms with Crippen molar-refractivity contribution in [2.75, 3.05) is 13.1 Å². The number of aryl methyl sites for hydroxylation is 1. The van der Waals surface area contributed by atoms with E-state index in [4.69, 9.17) is 4.42 Å². The minimum absolute atomic E-state index is 0.130. The van der Waals surface area contributed by atoms with Crippen LogP contribution in [0.5, 0.6) is 0 Å². The maximum atomic E-state index is 12.7. The number of nitrogens with one attached hydrogen (secondary N) is 1. The Hall–Kier alpha value is -1.63. The molecule has 1 aliphatic rings. The van der Waals surface area contributed by atoms with Gasteiger partial charge in [0.2, 0.25) is 10.0 Å². The lowest BCUT2D eigenvalue weighted by Gasteiger charge is -2.33. The average Bonchev–Trinajstić information content (AvgIpc) is 3.10. The SMILES string of the molecule is Cc1ccc(S(=O)(=O)N2CCC(N[C@H](C)c3ccco3)CC2)cc1. The van der Waals surface area contributed by atoms with Crippen LogP contribution in [0.25, 0.3) is 0 Å². The molecule has 0 radical (unpaired) electrons. The summed E-state index contributed by atoms with van der Waals surface area (Å²) in [4.78, 5) is 0.378. The van der Waals surface area contributed by atoms with Crippen LogP contribution in [0.4, 0.5) is 0 Å². The molecule has 0 aliphatic carbocycles. The lowest BCUT2D eigenvalue weighted by Crippen LogP contribution is -2.45. The van der Waals surface area contributed by atoms with E-state index in [-0.39, 0.29) is 6.04 Å². The van der Waals surface area contributed by atoms with Crippen LogP contribution in [-0.2, 0) is 10.0 Å². The molecule has 2 aromatic rings. The highest BCUT2D eigenvalue weighted by Gasteiger charge is 2.30. The van der Waals surface area contributed by atoms with Gasteiger partial charge >= 0.3 is 0 Å². The topological polar surface area (TPSA) is 62.6 Å². The second kappa shape index (κ2) is 7.09. The molecule has 6 heteroatoms. The van der Waals surface area contributed by atoms with Crippen LogP contribution in [0.2, 0.25) is 0 Å². The van der Waals surface area contributed by atoms with E-state index < -0.39 is 10.0 Å². The number of hydrogen-bond acceptors (Lipinski definition) is 4. The summed E-state index contributed by atoms with van der Waals surface area (Å²) in [6.45, 7) is 5.10. The van der Waals surface area contributed by atoms with Gasteiger partial charge in [-0.25, -0.2) is 8.42 Å². The number of hydrogen-bond donors (Lipinski definition) is 1. The molecule has 2 heterocycles. The monoisotopic (exact) mass is 348 g/mol. The van der Waals surface area contributed by atoms with Gasteiger partial charge in [-0.15, -0.1) is 0 Å². The summed E-state index contributed by atoms with van der Waals surface area (Å²) < 4.78 is 32.4. The van der Waals surface area contributed by atoms with Gasteiger partial charge < -0.3 is 9.73 Å². The summed E-state index contributed by atoms with van der Waals surface area (Å²) in [6, 6.07) is 11.3. The zero-order valence-corrected chi connectivity index (χ0v) is 14.9. The van der Waals surface area contributed by atoms with Crippen LogP contribution in [0.15, 0.2) is 52.0 Å². The van der Waals surface area contributed by atoms with Crippen molar-refractivity contribution >= 4 is 10.0 Å². The highest BCUT2D eigenvalue weighted by atomic mass is 32.2. The van der Waals surface area contributed by atoms with Crippen molar-refractivity contribution in [3.63, 3.8) is 0 Å². The van der Waals surface area contributed by atoms with Crippen LogP contribution in [0.3, 0.4) is 0 Å². The van der Waals surface area contributed by atoms with Crippen molar-refractivity contribution in [1.82, 2.24) is 9.62 Å². The first-order valence-electron chi connectivity index (χ1n) is 8.33. The molecule has 0 bridgehead atoms. The smallest absolute Gasteiger partial charge is 0.243 e. The largest absolute Gasteiger partial charge is 0.468 e. The van der Waals surface area contributed by atoms with Crippen LogP contribution >= 0.6 is 0 Å². The minimum atomic E-state index is -3.39. The molecule has 1 aromatic carbocycles. The Kier molecular flexibility index (Phi) is 5.08. The molecule has 0 spiro atoms. The molecule has 1 saturated heterocycles. The van der Waals surface area contributed by atoms with Gasteiger partial charge in [-0.1, -0.05) is 17.7 Å². The summed E-state index contributed by atoms with van der Waals surface area (Å²) in [5, 5.41) is 3.53. The number of rotatable bonds is 5. The van der Waals surface area contributed by atoms with Gasteiger partial charge in [-0.05, 0) is 51.0 Å². The quantitative estimate of drug-likeness (QED) is 0.902. The molecular weight excluding hydrogens is 324 g/mol. The third kappa shape index (κ3) is 3.71. The lowest BCUT2D eigenvalue weighted by molar-refractivity contribution is 0.268. The third-order valence-electron chi connectivity index (χ3n) is 4.57. The summed E-state index contributed by atoms with van der Waals surface area (Å²) >= 11 is 0. The number of piperidine rings is 1. The predicted octanol–water partition coefficient (Wildman–Crippen LogP) is 3.09. The van der Waals surface area contributed by atoms with Crippen LogP contribution < -0.4 is 5.32 Å². The normalized spacial score (nSPS) is 18.6. The first-order chi connectivity index (χ1) is 11.5. The molecular formula is C18H24N2O3S. The summed E-state index contributed by atoms with van der Waals surface area (Å²) in [5.74, 6) is 0.907. The summed E-state index contributed by atoms with van der Waals surface area (Å²) in [5.41, 5.74) is 1.06. The highest BCUT2D eigenvalue weighted by molar-refractivity contribution is 7.89. The van der Waals surface area contributed by atoms with Crippen LogP contribution in [0.1, 0.15) is 37.1 Å². The van der Waals surface area contributed by atoms with Crippen molar-refractivity contribution in [1.29, 1.82) is 0 Å². The Morgan fingerprint density at radius 2 is 1.83 bits per heavy atom. The highest BCUT2D eigenvalue weighted by Crippen LogP contribution is 2.23. The number of furan rings is 1. The van der Waals surface area contributed by atoms with E-state index in [9.17, 15) is 8.42 Å². The molecule has 1 N–H and O–H groups in total. The fraction of sp³-hybridized carbons (Fsp3) is 0.444. The van der Waals surface area contributed by atoms with Crippen molar-refractivity contribution in [3.05, 3.63) is 54.0 Å². The standard InChI is InChI=1S/C18H24N2O3S/c1-14-5-7-17(8-6-14)24(21,22)20-11-9-16(10-12-20)19-15(2)18-4-3-13-23-18/h3-8,13,15-16,19H,9-12H2,1-2H3/t15-/m1/s1. The molecule has 1 fully saturated rings. The van der Waals surface area contributed by atoms with E-state index in [2.05, 4.69) is 12.2 Å². The van der Waals surface area contributed by atoms with Gasteiger partial charge in [0.15, 0.2) is 0 Å². The average molecular weight is 348 g/mol.